The van der Waals surface area contributed by atoms with Crippen molar-refractivity contribution in [3.05, 3.63) is 35.3 Å². The number of hydrogen-bond donors (Lipinski definition) is 1. The molecule has 1 N–H and O–H groups in total. The molecule has 1 aromatic heterocycles. The Balaban J connectivity index is 1.96. The molecule has 146 valence electrons. The minimum absolute atomic E-state index is 0.0823. The number of carbonyl (C=O) groups excluding carboxylic acids is 1. The summed E-state index contributed by atoms with van der Waals surface area (Å²) in [6.07, 6.45) is 0.672. The van der Waals surface area contributed by atoms with Gasteiger partial charge < -0.3 is 24.2 Å². The lowest BCUT2D eigenvalue weighted by atomic mass is 9.72. The van der Waals surface area contributed by atoms with Crippen molar-refractivity contribution in [1.29, 1.82) is 0 Å². The second-order valence-electron chi connectivity index (χ2n) is 6.90. The van der Waals surface area contributed by atoms with E-state index in [1.807, 2.05) is 30.5 Å². The van der Waals surface area contributed by atoms with Crippen LogP contribution < -0.4 is 9.47 Å². The molecule has 3 rings (SSSR count). The van der Waals surface area contributed by atoms with Gasteiger partial charge in [-0.3, -0.25) is 0 Å². The van der Waals surface area contributed by atoms with Gasteiger partial charge in [-0.2, -0.15) is 0 Å². The lowest BCUT2D eigenvalue weighted by molar-refractivity contribution is 0.0470. The van der Waals surface area contributed by atoms with E-state index in [2.05, 4.69) is 4.98 Å². The van der Waals surface area contributed by atoms with Gasteiger partial charge in [0.15, 0.2) is 11.5 Å². The van der Waals surface area contributed by atoms with Gasteiger partial charge in [0.05, 0.1) is 20.3 Å². The van der Waals surface area contributed by atoms with Crippen LogP contribution in [-0.2, 0) is 4.74 Å². The molecule has 1 aliphatic heterocycles. The summed E-state index contributed by atoms with van der Waals surface area (Å²) in [5.74, 6) is 1.06. The molecule has 0 radical (unpaired) electrons. The Hall–Kier alpha value is -2.32. The number of amides is 1. The number of nitrogens with zero attached hydrogens (tertiary/aromatic N) is 2. The number of methoxy groups -OCH3 is 2. The van der Waals surface area contributed by atoms with Crippen LogP contribution >= 0.6 is 11.3 Å². The van der Waals surface area contributed by atoms with Crippen LogP contribution in [0.1, 0.15) is 25.3 Å². The zero-order valence-corrected chi connectivity index (χ0v) is 16.7. The molecule has 7 nitrogen and oxygen atoms in total. The highest BCUT2D eigenvalue weighted by molar-refractivity contribution is 7.11. The first kappa shape index (κ1) is 19.4. The van der Waals surface area contributed by atoms with Crippen molar-refractivity contribution in [2.75, 3.05) is 27.3 Å². The van der Waals surface area contributed by atoms with E-state index in [1.54, 1.807) is 25.1 Å². The fourth-order valence-corrected chi connectivity index (χ4v) is 4.03. The number of benzene rings is 1. The summed E-state index contributed by atoms with van der Waals surface area (Å²) in [5, 5.41) is 12.8. The number of rotatable bonds is 5. The number of ether oxygens (including phenoxy) is 3. The zero-order chi connectivity index (χ0) is 19.6. The van der Waals surface area contributed by atoms with Gasteiger partial charge in [0, 0.05) is 36.0 Å². The highest BCUT2D eigenvalue weighted by Crippen LogP contribution is 2.47. The summed E-state index contributed by atoms with van der Waals surface area (Å²) in [5.41, 5.74) is 0.443. The number of aliphatic hydroxyl groups is 1. The molecular formula is C19H24N2O5S. The van der Waals surface area contributed by atoms with Gasteiger partial charge in [-0.1, -0.05) is 24.3 Å². The SMILES string of the molecule is COC(=O)N1C[C@@H](c2ccc(OC)c(Oc3nccs3)c2)[C@](C)([C@H](C)O)C1. The Labute approximate surface area is 162 Å². The van der Waals surface area contributed by atoms with Crippen LogP contribution in [0, 0.1) is 5.41 Å². The molecule has 27 heavy (non-hydrogen) atoms. The summed E-state index contributed by atoms with van der Waals surface area (Å²) < 4.78 is 16.2. The second kappa shape index (κ2) is 7.74. The van der Waals surface area contributed by atoms with Crippen molar-refractivity contribution < 1.29 is 24.1 Å². The fraction of sp³-hybridized carbons (Fsp3) is 0.474. The first-order chi connectivity index (χ1) is 12.9. The molecule has 1 aromatic carbocycles. The van der Waals surface area contributed by atoms with E-state index >= 15 is 0 Å². The summed E-state index contributed by atoms with van der Waals surface area (Å²) in [7, 11) is 2.95. The minimum Gasteiger partial charge on any atom is -0.493 e. The van der Waals surface area contributed by atoms with E-state index in [0.717, 1.165) is 5.56 Å². The normalized spacial score (nSPS) is 23.1. The maximum Gasteiger partial charge on any atom is 0.409 e. The highest BCUT2D eigenvalue weighted by atomic mass is 32.1. The van der Waals surface area contributed by atoms with Crippen molar-refractivity contribution in [1.82, 2.24) is 9.88 Å². The van der Waals surface area contributed by atoms with E-state index in [9.17, 15) is 9.90 Å². The van der Waals surface area contributed by atoms with Crippen molar-refractivity contribution in [3.63, 3.8) is 0 Å². The van der Waals surface area contributed by atoms with Gasteiger partial charge in [-0.25, -0.2) is 9.78 Å². The highest BCUT2D eigenvalue weighted by Gasteiger charge is 2.48. The van der Waals surface area contributed by atoms with Gasteiger partial charge in [0.25, 0.3) is 5.19 Å². The Morgan fingerprint density at radius 1 is 1.41 bits per heavy atom. The smallest absolute Gasteiger partial charge is 0.409 e. The van der Waals surface area contributed by atoms with Crippen LogP contribution in [0.5, 0.6) is 16.7 Å². The van der Waals surface area contributed by atoms with Crippen LogP contribution in [0.2, 0.25) is 0 Å². The van der Waals surface area contributed by atoms with Gasteiger partial charge >= 0.3 is 6.09 Å². The first-order valence-electron chi connectivity index (χ1n) is 8.65. The van der Waals surface area contributed by atoms with Crippen molar-refractivity contribution >= 4 is 17.4 Å². The molecule has 0 unspecified atom stereocenters. The Morgan fingerprint density at radius 2 is 2.19 bits per heavy atom. The third-order valence-electron chi connectivity index (χ3n) is 5.31. The molecule has 1 fully saturated rings. The first-order valence-corrected chi connectivity index (χ1v) is 9.53. The van der Waals surface area contributed by atoms with E-state index in [-0.39, 0.29) is 5.92 Å². The summed E-state index contributed by atoms with van der Waals surface area (Å²) in [6, 6.07) is 5.67. The summed E-state index contributed by atoms with van der Waals surface area (Å²) in [4.78, 5) is 17.8. The number of carbonyl (C=O) groups is 1. The third-order valence-corrected chi connectivity index (χ3v) is 5.96. The topological polar surface area (TPSA) is 81.1 Å². The van der Waals surface area contributed by atoms with Crippen LogP contribution in [-0.4, -0.2) is 54.5 Å². The molecule has 2 aromatic rings. The summed E-state index contributed by atoms with van der Waals surface area (Å²) >= 11 is 1.39. The zero-order valence-electron chi connectivity index (χ0n) is 15.8. The lowest BCUT2D eigenvalue weighted by Crippen LogP contribution is -2.38. The van der Waals surface area contributed by atoms with Gasteiger partial charge in [0.2, 0.25) is 0 Å². The molecular weight excluding hydrogens is 368 g/mol. The third kappa shape index (κ3) is 3.72. The molecule has 0 bridgehead atoms. The number of thiazole rings is 1. The number of aromatic nitrogens is 1. The maximum atomic E-state index is 12.1. The lowest BCUT2D eigenvalue weighted by Gasteiger charge is -2.33. The van der Waals surface area contributed by atoms with Crippen molar-refractivity contribution in [2.45, 2.75) is 25.9 Å². The molecule has 1 amide bonds. The standard InChI is InChI=1S/C19H24N2O5S/c1-12(22)19(2)11-21(18(23)25-4)10-14(19)13-5-6-15(24-3)16(9-13)26-17-20-7-8-27-17/h5-9,12,14,22H,10-11H2,1-4H3/t12-,14-,19-/m0/s1. The van der Waals surface area contributed by atoms with Gasteiger partial charge in [0.1, 0.15) is 0 Å². The van der Waals surface area contributed by atoms with Crippen molar-refractivity contribution in [3.8, 4) is 16.7 Å². The maximum absolute atomic E-state index is 12.1. The van der Waals surface area contributed by atoms with Gasteiger partial charge in [-0.15, -0.1) is 0 Å². The van der Waals surface area contributed by atoms with Crippen LogP contribution in [0.4, 0.5) is 4.79 Å². The van der Waals surface area contributed by atoms with E-state index in [1.165, 1.54) is 18.4 Å². The van der Waals surface area contributed by atoms with Crippen LogP contribution in [0.15, 0.2) is 29.8 Å². The van der Waals surface area contributed by atoms with Gasteiger partial charge in [-0.05, 0) is 24.6 Å². The Morgan fingerprint density at radius 3 is 2.78 bits per heavy atom. The predicted octanol–water partition coefficient (Wildman–Crippen LogP) is 3.50. The van der Waals surface area contributed by atoms with Crippen LogP contribution in [0.3, 0.4) is 0 Å². The molecule has 1 saturated heterocycles. The van der Waals surface area contributed by atoms with Crippen molar-refractivity contribution in [2.24, 2.45) is 5.41 Å². The molecule has 0 aliphatic carbocycles. The number of hydrogen-bond acceptors (Lipinski definition) is 7. The quantitative estimate of drug-likeness (QED) is 0.839. The molecule has 8 heteroatoms. The largest absolute Gasteiger partial charge is 0.493 e. The van der Waals surface area contributed by atoms with E-state index in [4.69, 9.17) is 14.2 Å². The number of likely N-dealkylation sites (tertiary alicyclic amines) is 1. The van der Waals surface area contributed by atoms with E-state index in [0.29, 0.717) is 29.8 Å². The van der Waals surface area contributed by atoms with E-state index < -0.39 is 17.6 Å². The average molecular weight is 392 g/mol. The second-order valence-corrected chi connectivity index (χ2v) is 7.75. The Bertz CT molecular complexity index is 795. The molecule has 0 spiro atoms. The molecule has 0 saturated carbocycles. The summed E-state index contributed by atoms with van der Waals surface area (Å²) in [6.45, 7) is 4.61. The monoisotopic (exact) mass is 392 g/mol. The van der Waals surface area contributed by atoms with Crippen LogP contribution in [0.25, 0.3) is 0 Å². The minimum atomic E-state index is -0.609. The number of aliphatic hydroxyl groups excluding tert-OH is 1. The molecule has 2 heterocycles. The Kier molecular flexibility index (Phi) is 5.57. The molecule has 3 atom stereocenters. The molecule has 1 aliphatic rings. The fourth-order valence-electron chi connectivity index (χ4n) is 3.54. The average Bonchev–Trinajstić information content (AvgIpc) is 3.29. The predicted molar refractivity (Wildman–Crippen MR) is 102 cm³/mol.